The second-order valence-corrected chi connectivity index (χ2v) is 5.87. The second-order valence-electron chi connectivity index (χ2n) is 5.47. The number of benzene rings is 2. The number of nitrogens with one attached hydrogen (secondary N) is 1. The van der Waals surface area contributed by atoms with Gasteiger partial charge in [-0.15, -0.1) is 0 Å². The van der Waals surface area contributed by atoms with Gasteiger partial charge in [-0.3, -0.25) is 4.79 Å². The number of amides is 1. The summed E-state index contributed by atoms with van der Waals surface area (Å²) in [4.78, 5) is 24.2. The van der Waals surface area contributed by atoms with Crippen LogP contribution in [0.2, 0.25) is 5.02 Å². The van der Waals surface area contributed by atoms with Gasteiger partial charge in [0, 0.05) is 11.3 Å². The zero-order chi connectivity index (χ0) is 18.7. The van der Waals surface area contributed by atoms with Crippen LogP contribution in [-0.4, -0.2) is 24.1 Å². The molecule has 0 radical (unpaired) electrons. The molecule has 1 aromatic heterocycles. The second kappa shape index (κ2) is 7.41. The summed E-state index contributed by atoms with van der Waals surface area (Å²) < 4.78 is 9.85. The molecule has 0 aliphatic heterocycles. The molecule has 26 heavy (non-hydrogen) atoms. The lowest BCUT2D eigenvalue weighted by atomic mass is 10.1. The monoisotopic (exact) mass is 370 g/mol. The number of aryl methyl sites for hydroxylation is 1. The summed E-state index contributed by atoms with van der Waals surface area (Å²) >= 11 is 6.21. The van der Waals surface area contributed by atoms with Crippen molar-refractivity contribution < 1.29 is 18.8 Å². The van der Waals surface area contributed by atoms with Crippen LogP contribution in [0.5, 0.6) is 0 Å². The molecule has 0 unspecified atom stereocenters. The molecule has 0 spiro atoms. The topological polar surface area (TPSA) is 81.4 Å². The number of hydrogen-bond acceptors (Lipinski definition) is 5. The fourth-order valence-corrected chi connectivity index (χ4v) is 2.70. The summed E-state index contributed by atoms with van der Waals surface area (Å²) in [6.07, 6.45) is 0. The van der Waals surface area contributed by atoms with Crippen LogP contribution >= 0.6 is 11.6 Å². The number of ether oxygens (including phenoxy) is 1. The Morgan fingerprint density at radius 3 is 2.46 bits per heavy atom. The molecule has 132 valence electrons. The molecule has 3 rings (SSSR count). The molecule has 3 aromatic rings. The van der Waals surface area contributed by atoms with Crippen molar-refractivity contribution in [1.29, 1.82) is 0 Å². The normalized spacial score (nSPS) is 10.4. The number of anilines is 1. The molecule has 0 aliphatic rings. The van der Waals surface area contributed by atoms with Crippen molar-refractivity contribution in [3.63, 3.8) is 0 Å². The molecule has 0 atom stereocenters. The summed E-state index contributed by atoms with van der Waals surface area (Å²) in [5.74, 6) is -0.452. The molecule has 0 saturated heterocycles. The lowest BCUT2D eigenvalue weighted by Gasteiger charge is -2.07. The number of carbonyl (C=O) groups excluding carboxylic acids is 2. The maximum atomic E-state index is 12.7. The van der Waals surface area contributed by atoms with Gasteiger partial charge in [0.1, 0.15) is 17.0 Å². The standard InChI is InChI=1S/C19H15ClN2O4/c1-11-16(17(22-26-11)14-5-3-4-6-15(14)20)18(23)21-13-9-7-12(8-10-13)19(24)25-2/h3-10H,1-2H3,(H,21,23). The van der Waals surface area contributed by atoms with Gasteiger partial charge in [0.25, 0.3) is 5.91 Å². The Morgan fingerprint density at radius 2 is 1.81 bits per heavy atom. The molecule has 7 heteroatoms. The minimum absolute atomic E-state index is 0.301. The fourth-order valence-electron chi connectivity index (χ4n) is 2.48. The molecule has 1 N–H and O–H groups in total. The molecule has 1 amide bonds. The number of aromatic nitrogens is 1. The highest BCUT2D eigenvalue weighted by Gasteiger charge is 2.23. The lowest BCUT2D eigenvalue weighted by Crippen LogP contribution is -2.13. The Balaban J connectivity index is 1.88. The number of methoxy groups -OCH3 is 1. The van der Waals surface area contributed by atoms with Gasteiger partial charge in [0.05, 0.1) is 17.7 Å². The van der Waals surface area contributed by atoms with E-state index in [1.54, 1.807) is 55.5 Å². The van der Waals surface area contributed by atoms with E-state index < -0.39 is 5.97 Å². The van der Waals surface area contributed by atoms with Crippen molar-refractivity contribution >= 4 is 29.2 Å². The maximum absolute atomic E-state index is 12.7. The zero-order valence-electron chi connectivity index (χ0n) is 14.1. The van der Waals surface area contributed by atoms with Crippen LogP contribution < -0.4 is 5.32 Å². The molecule has 2 aromatic carbocycles. The smallest absolute Gasteiger partial charge is 0.337 e. The van der Waals surface area contributed by atoms with Crippen LogP contribution in [-0.2, 0) is 4.74 Å². The summed E-state index contributed by atoms with van der Waals surface area (Å²) in [5.41, 5.74) is 2.20. The SMILES string of the molecule is COC(=O)c1ccc(NC(=O)c2c(-c3ccccc3Cl)noc2C)cc1. The highest BCUT2D eigenvalue weighted by molar-refractivity contribution is 6.33. The average Bonchev–Trinajstić information content (AvgIpc) is 3.03. The van der Waals surface area contributed by atoms with E-state index in [9.17, 15) is 9.59 Å². The van der Waals surface area contributed by atoms with Gasteiger partial charge < -0.3 is 14.6 Å². The summed E-state index contributed by atoms with van der Waals surface area (Å²) in [6.45, 7) is 1.66. The number of hydrogen-bond donors (Lipinski definition) is 1. The van der Waals surface area contributed by atoms with Crippen LogP contribution in [0.25, 0.3) is 11.3 Å². The molecule has 0 saturated carbocycles. The highest BCUT2D eigenvalue weighted by Crippen LogP contribution is 2.31. The Hall–Kier alpha value is -3.12. The number of esters is 1. The van der Waals surface area contributed by atoms with Gasteiger partial charge in [0.15, 0.2) is 0 Å². The highest BCUT2D eigenvalue weighted by atomic mass is 35.5. The summed E-state index contributed by atoms with van der Waals surface area (Å²) in [7, 11) is 1.31. The number of rotatable bonds is 4. The Morgan fingerprint density at radius 1 is 1.12 bits per heavy atom. The van der Waals surface area contributed by atoms with Crippen molar-refractivity contribution in [3.05, 3.63) is 70.4 Å². The van der Waals surface area contributed by atoms with E-state index >= 15 is 0 Å². The molecular formula is C19H15ClN2O4. The van der Waals surface area contributed by atoms with E-state index in [1.807, 2.05) is 0 Å². The van der Waals surface area contributed by atoms with Crippen molar-refractivity contribution in [2.75, 3.05) is 12.4 Å². The number of halogens is 1. The molecule has 1 heterocycles. The summed E-state index contributed by atoms with van der Waals surface area (Å²) in [6, 6.07) is 13.4. The minimum Gasteiger partial charge on any atom is -0.465 e. The third-order valence-electron chi connectivity index (χ3n) is 3.78. The van der Waals surface area contributed by atoms with E-state index in [2.05, 4.69) is 15.2 Å². The third-order valence-corrected chi connectivity index (χ3v) is 4.11. The number of nitrogens with zero attached hydrogens (tertiary/aromatic N) is 1. The molecule has 0 aliphatic carbocycles. The van der Waals surface area contributed by atoms with Crippen LogP contribution in [0.3, 0.4) is 0 Å². The molecule has 6 nitrogen and oxygen atoms in total. The zero-order valence-corrected chi connectivity index (χ0v) is 14.8. The first-order valence-corrected chi connectivity index (χ1v) is 8.10. The Labute approximate surface area is 154 Å². The first kappa shape index (κ1) is 17.7. The first-order chi connectivity index (χ1) is 12.5. The van der Waals surface area contributed by atoms with Gasteiger partial charge in [-0.05, 0) is 37.3 Å². The van der Waals surface area contributed by atoms with Crippen LogP contribution in [0.4, 0.5) is 5.69 Å². The number of carbonyl (C=O) groups is 2. The quantitative estimate of drug-likeness (QED) is 0.691. The first-order valence-electron chi connectivity index (χ1n) is 7.72. The van der Waals surface area contributed by atoms with Gasteiger partial charge in [-0.25, -0.2) is 4.79 Å². The predicted molar refractivity (Wildman–Crippen MR) is 97.4 cm³/mol. The lowest BCUT2D eigenvalue weighted by molar-refractivity contribution is 0.0600. The van der Waals surface area contributed by atoms with E-state index in [4.69, 9.17) is 16.1 Å². The predicted octanol–water partition coefficient (Wildman–Crippen LogP) is 4.34. The van der Waals surface area contributed by atoms with E-state index in [0.717, 1.165) is 0 Å². The third kappa shape index (κ3) is 3.45. The van der Waals surface area contributed by atoms with E-state index in [-0.39, 0.29) is 5.91 Å². The maximum Gasteiger partial charge on any atom is 0.337 e. The van der Waals surface area contributed by atoms with Crippen molar-refractivity contribution in [3.8, 4) is 11.3 Å². The fraction of sp³-hybridized carbons (Fsp3) is 0.105. The van der Waals surface area contributed by atoms with Crippen molar-refractivity contribution in [1.82, 2.24) is 5.16 Å². The van der Waals surface area contributed by atoms with Gasteiger partial charge in [-0.2, -0.15) is 0 Å². The van der Waals surface area contributed by atoms with Gasteiger partial charge in [0.2, 0.25) is 0 Å². The molecular weight excluding hydrogens is 356 g/mol. The molecule has 0 bridgehead atoms. The van der Waals surface area contributed by atoms with Crippen LogP contribution in [0, 0.1) is 6.92 Å². The Kier molecular flexibility index (Phi) is 5.04. The van der Waals surface area contributed by atoms with Crippen LogP contribution in [0.1, 0.15) is 26.5 Å². The molecule has 0 fully saturated rings. The van der Waals surface area contributed by atoms with Gasteiger partial charge in [-0.1, -0.05) is 35.0 Å². The van der Waals surface area contributed by atoms with E-state index in [0.29, 0.717) is 38.9 Å². The largest absolute Gasteiger partial charge is 0.465 e. The minimum atomic E-state index is -0.446. The average molecular weight is 371 g/mol. The van der Waals surface area contributed by atoms with E-state index in [1.165, 1.54) is 7.11 Å². The van der Waals surface area contributed by atoms with Crippen molar-refractivity contribution in [2.24, 2.45) is 0 Å². The van der Waals surface area contributed by atoms with Gasteiger partial charge >= 0.3 is 5.97 Å². The Bertz CT molecular complexity index is 964. The van der Waals surface area contributed by atoms with Crippen LogP contribution in [0.15, 0.2) is 53.1 Å². The summed E-state index contributed by atoms with van der Waals surface area (Å²) in [5, 5.41) is 7.21. The van der Waals surface area contributed by atoms with Crippen molar-refractivity contribution in [2.45, 2.75) is 6.92 Å².